The molecule has 12 heavy (non-hydrogen) atoms. The van der Waals surface area contributed by atoms with Gasteiger partial charge in [0.05, 0.1) is 6.61 Å². The summed E-state index contributed by atoms with van der Waals surface area (Å²) in [6.45, 7) is 3.35. The SMILES string of the molecule is CN(C)CC1(CO)CCCNC1. The molecule has 3 nitrogen and oxygen atoms in total. The molecule has 1 unspecified atom stereocenters. The summed E-state index contributed by atoms with van der Waals surface area (Å²) >= 11 is 0. The first-order chi connectivity index (χ1) is 5.68. The third-order valence-electron chi connectivity index (χ3n) is 2.55. The smallest absolute Gasteiger partial charge is 0.0511 e. The first-order valence-electron chi connectivity index (χ1n) is 4.65. The molecule has 0 bridgehead atoms. The predicted octanol–water partition coefficient (Wildman–Crippen LogP) is -0.0899. The first-order valence-corrected chi connectivity index (χ1v) is 4.65. The van der Waals surface area contributed by atoms with E-state index in [0.717, 1.165) is 26.1 Å². The number of rotatable bonds is 3. The Morgan fingerprint density at radius 1 is 1.50 bits per heavy atom. The Morgan fingerprint density at radius 2 is 2.25 bits per heavy atom. The molecule has 72 valence electrons. The van der Waals surface area contributed by atoms with E-state index in [-0.39, 0.29) is 5.41 Å². The molecular formula is C9H20N2O. The fourth-order valence-corrected chi connectivity index (χ4v) is 2.02. The second-order valence-electron chi connectivity index (χ2n) is 4.18. The molecular weight excluding hydrogens is 152 g/mol. The molecule has 0 aromatic carbocycles. The average molecular weight is 172 g/mol. The fraction of sp³-hybridized carbons (Fsp3) is 1.00. The molecule has 0 radical (unpaired) electrons. The Bertz CT molecular complexity index is 130. The molecule has 1 rings (SSSR count). The normalized spacial score (nSPS) is 31.0. The molecule has 1 saturated heterocycles. The standard InChI is InChI=1S/C9H20N2O/c1-11(2)7-9(8-12)4-3-5-10-6-9/h10,12H,3-8H2,1-2H3. The average Bonchev–Trinajstić information content (AvgIpc) is 2.05. The molecule has 1 aliphatic heterocycles. The molecule has 0 saturated carbocycles. The summed E-state index contributed by atoms with van der Waals surface area (Å²) in [5, 5.41) is 12.7. The van der Waals surface area contributed by atoms with E-state index < -0.39 is 0 Å². The molecule has 1 heterocycles. The van der Waals surface area contributed by atoms with Crippen LogP contribution in [0.2, 0.25) is 0 Å². The highest BCUT2D eigenvalue weighted by atomic mass is 16.3. The van der Waals surface area contributed by atoms with Crippen LogP contribution in [0.25, 0.3) is 0 Å². The zero-order chi connectivity index (χ0) is 9.03. The van der Waals surface area contributed by atoms with Crippen LogP contribution in [0.15, 0.2) is 0 Å². The van der Waals surface area contributed by atoms with Crippen LogP contribution in [0.1, 0.15) is 12.8 Å². The zero-order valence-corrected chi connectivity index (χ0v) is 8.14. The van der Waals surface area contributed by atoms with E-state index in [9.17, 15) is 5.11 Å². The lowest BCUT2D eigenvalue weighted by Crippen LogP contribution is -2.48. The summed E-state index contributed by atoms with van der Waals surface area (Å²) in [6, 6.07) is 0. The van der Waals surface area contributed by atoms with Crippen molar-refractivity contribution in [2.75, 3.05) is 40.3 Å². The molecule has 0 amide bonds. The van der Waals surface area contributed by atoms with Gasteiger partial charge < -0.3 is 15.3 Å². The second kappa shape index (κ2) is 4.21. The van der Waals surface area contributed by atoms with Crippen molar-refractivity contribution >= 4 is 0 Å². The summed E-state index contributed by atoms with van der Waals surface area (Å²) in [5.41, 5.74) is 0.113. The van der Waals surface area contributed by atoms with Gasteiger partial charge in [-0.15, -0.1) is 0 Å². The Labute approximate surface area is 74.8 Å². The predicted molar refractivity (Wildman–Crippen MR) is 50.2 cm³/mol. The van der Waals surface area contributed by atoms with Gasteiger partial charge in [0.1, 0.15) is 0 Å². The molecule has 0 aliphatic carbocycles. The van der Waals surface area contributed by atoms with Crippen LogP contribution in [0, 0.1) is 5.41 Å². The monoisotopic (exact) mass is 172 g/mol. The lowest BCUT2D eigenvalue weighted by molar-refractivity contribution is 0.0670. The lowest BCUT2D eigenvalue weighted by Gasteiger charge is -2.38. The number of nitrogens with zero attached hydrogens (tertiary/aromatic N) is 1. The van der Waals surface area contributed by atoms with Crippen molar-refractivity contribution in [1.82, 2.24) is 10.2 Å². The second-order valence-corrected chi connectivity index (χ2v) is 4.18. The van der Waals surface area contributed by atoms with E-state index >= 15 is 0 Å². The van der Waals surface area contributed by atoms with Crippen LogP contribution in [0.3, 0.4) is 0 Å². The van der Waals surface area contributed by atoms with Gasteiger partial charge in [0.25, 0.3) is 0 Å². The summed E-state index contributed by atoms with van der Waals surface area (Å²) < 4.78 is 0. The number of piperidine rings is 1. The highest BCUT2D eigenvalue weighted by Gasteiger charge is 2.31. The van der Waals surface area contributed by atoms with E-state index in [4.69, 9.17) is 0 Å². The quantitative estimate of drug-likeness (QED) is 0.624. The highest BCUT2D eigenvalue weighted by molar-refractivity contribution is 4.86. The van der Waals surface area contributed by atoms with E-state index in [2.05, 4.69) is 24.3 Å². The van der Waals surface area contributed by atoms with Gasteiger partial charge in [-0.2, -0.15) is 0 Å². The number of aliphatic hydroxyl groups is 1. The van der Waals surface area contributed by atoms with E-state index in [1.54, 1.807) is 0 Å². The van der Waals surface area contributed by atoms with Crippen molar-refractivity contribution < 1.29 is 5.11 Å². The number of hydrogen-bond acceptors (Lipinski definition) is 3. The largest absolute Gasteiger partial charge is 0.396 e. The van der Waals surface area contributed by atoms with Gasteiger partial charge >= 0.3 is 0 Å². The summed E-state index contributed by atoms with van der Waals surface area (Å²) in [5.74, 6) is 0. The first kappa shape index (κ1) is 9.96. The third kappa shape index (κ3) is 2.44. The molecule has 1 aliphatic rings. The summed E-state index contributed by atoms with van der Waals surface area (Å²) in [4.78, 5) is 2.16. The minimum atomic E-state index is 0.113. The van der Waals surface area contributed by atoms with Crippen LogP contribution in [0.4, 0.5) is 0 Å². The molecule has 1 atom stereocenters. The Balaban J connectivity index is 2.48. The van der Waals surface area contributed by atoms with Crippen LogP contribution >= 0.6 is 0 Å². The highest BCUT2D eigenvalue weighted by Crippen LogP contribution is 2.25. The van der Waals surface area contributed by atoms with Gasteiger partial charge in [-0.25, -0.2) is 0 Å². The number of nitrogens with one attached hydrogen (secondary N) is 1. The van der Waals surface area contributed by atoms with Crippen molar-refractivity contribution in [3.8, 4) is 0 Å². The van der Waals surface area contributed by atoms with E-state index in [1.165, 1.54) is 6.42 Å². The van der Waals surface area contributed by atoms with Crippen LogP contribution in [0.5, 0.6) is 0 Å². The van der Waals surface area contributed by atoms with Gasteiger partial charge in [0, 0.05) is 18.5 Å². The van der Waals surface area contributed by atoms with Crippen LogP contribution in [-0.2, 0) is 0 Å². The van der Waals surface area contributed by atoms with Crippen molar-refractivity contribution in [3.05, 3.63) is 0 Å². The van der Waals surface area contributed by atoms with Crippen LogP contribution in [-0.4, -0.2) is 50.3 Å². The van der Waals surface area contributed by atoms with E-state index in [0.29, 0.717) is 6.61 Å². The Morgan fingerprint density at radius 3 is 2.67 bits per heavy atom. The Kier molecular flexibility index (Phi) is 3.50. The minimum Gasteiger partial charge on any atom is -0.396 e. The van der Waals surface area contributed by atoms with Crippen LogP contribution < -0.4 is 5.32 Å². The minimum absolute atomic E-state index is 0.113. The topological polar surface area (TPSA) is 35.5 Å². The van der Waals surface area contributed by atoms with Crippen molar-refractivity contribution in [2.45, 2.75) is 12.8 Å². The molecule has 2 N–H and O–H groups in total. The molecule has 0 spiro atoms. The van der Waals surface area contributed by atoms with Crippen molar-refractivity contribution in [1.29, 1.82) is 0 Å². The van der Waals surface area contributed by atoms with E-state index in [1.807, 2.05) is 0 Å². The molecule has 1 fully saturated rings. The maximum atomic E-state index is 9.32. The summed E-state index contributed by atoms with van der Waals surface area (Å²) in [6.07, 6.45) is 2.34. The third-order valence-corrected chi connectivity index (χ3v) is 2.55. The molecule has 0 aromatic heterocycles. The van der Waals surface area contributed by atoms with Gasteiger partial charge in [0.2, 0.25) is 0 Å². The molecule has 0 aromatic rings. The van der Waals surface area contributed by atoms with Gasteiger partial charge in [-0.05, 0) is 33.5 Å². The fourth-order valence-electron chi connectivity index (χ4n) is 2.02. The van der Waals surface area contributed by atoms with Gasteiger partial charge in [-0.1, -0.05) is 0 Å². The maximum absolute atomic E-state index is 9.32. The molecule has 3 heteroatoms. The van der Waals surface area contributed by atoms with Gasteiger partial charge in [-0.3, -0.25) is 0 Å². The van der Waals surface area contributed by atoms with Gasteiger partial charge in [0.15, 0.2) is 0 Å². The number of aliphatic hydroxyl groups excluding tert-OH is 1. The lowest BCUT2D eigenvalue weighted by atomic mass is 9.81. The number of hydrogen-bond donors (Lipinski definition) is 2. The zero-order valence-electron chi connectivity index (χ0n) is 8.14. The van der Waals surface area contributed by atoms with Crippen molar-refractivity contribution in [3.63, 3.8) is 0 Å². The Hall–Kier alpha value is -0.120. The van der Waals surface area contributed by atoms with Crippen molar-refractivity contribution in [2.24, 2.45) is 5.41 Å². The summed E-state index contributed by atoms with van der Waals surface area (Å²) in [7, 11) is 4.12. The maximum Gasteiger partial charge on any atom is 0.0511 e.